The van der Waals surface area contributed by atoms with E-state index in [0.717, 1.165) is 39.0 Å². The summed E-state index contributed by atoms with van der Waals surface area (Å²) in [5.41, 5.74) is 0.371. The summed E-state index contributed by atoms with van der Waals surface area (Å²) >= 11 is 1.45. The third kappa shape index (κ3) is 3.68. The number of piperidine rings is 1. The van der Waals surface area contributed by atoms with E-state index in [-0.39, 0.29) is 11.6 Å². The van der Waals surface area contributed by atoms with Gasteiger partial charge < -0.3 is 20.3 Å². The number of H-pyrrole nitrogens is 1. The standard InChI is InChI=1S/C16H22N6O2S/c23-14-12(15-18-4-9-25-15)13(19-11-2-1-3-17-10-11)20-16(21-14)22-5-7-24-8-6-22/h4,9,11,17H,1-3,5-8,10H2,(H2,19,20,21,23). The molecule has 0 spiro atoms. The van der Waals surface area contributed by atoms with Crippen molar-refractivity contribution in [2.45, 2.75) is 18.9 Å². The molecular formula is C16H22N6O2S. The normalized spacial score (nSPS) is 21.3. The molecule has 8 nitrogen and oxygen atoms in total. The third-order valence-corrected chi connectivity index (χ3v) is 5.29. The Morgan fingerprint density at radius 3 is 2.96 bits per heavy atom. The molecule has 9 heteroatoms. The van der Waals surface area contributed by atoms with E-state index >= 15 is 0 Å². The molecule has 1 atom stereocenters. The zero-order valence-electron chi connectivity index (χ0n) is 14.0. The van der Waals surface area contributed by atoms with E-state index in [1.807, 2.05) is 5.38 Å². The second-order valence-electron chi connectivity index (χ2n) is 6.24. The van der Waals surface area contributed by atoms with E-state index in [4.69, 9.17) is 9.72 Å². The van der Waals surface area contributed by atoms with E-state index in [1.165, 1.54) is 11.3 Å². The molecule has 134 valence electrons. The Hall–Kier alpha value is -1.97. The number of aromatic amines is 1. The molecule has 2 aromatic heterocycles. The molecule has 2 fully saturated rings. The van der Waals surface area contributed by atoms with Crippen LogP contribution in [-0.2, 0) is 4.74 Å². The number of ether oxygens (including phenoxy) is 1. The van der Waals surface area contributed by atoms with Crippen molar-refractivity contribution in [2.75, 3.05) is 49.6 Å². The minimum Gasteiger partial charge on any atom is -0.378 e. The highest BCUT2D eigenvalue weighted by Crippen LogP contribution is 2.27. The van der Waals surface area contributed by atoms with Crippen molar-refractivity contribution in [3.05, 3.63) is 21.9 Å². The van der Waals surface area contributed by atoms with Crippen molar-refractivity contribution in [2.24, 2.45) is 0 Å². The molecule has 0 radical (unpaired) electrons. The smallest absolute Gasteiger partial charge is 0.264 e. The SMILES string of the molecule is O=c1[nH]c(N2CCOCC2)nc(NC2CCCNC2)c1-c1nccs1. The van der Waals surface area contributed by atoms with Crippen molar-refractivity contribution >= 4 is 23.1 Å². The fourth-order valence-corrected chi connectivity index (χ4v) is 3.88. The van der Waals surface area contributed by atoms with Crippen LogP contribution in [0.4, 0.5) is 11.8 Å². The molecule has 2 aliphatic rings. The highest BCUT2D eigenvalue weighted by Gasteiger charge is 2.22. The number of aromatic nitrogens is 3. The third-order valence-electron chi connectivity index (χ3n) is 4.50. The molecule has 2 aliphatic heterocycles. The fraction of sp³-hybridized carbons (Fsp3) is 0.562. The van der Waals surface area contributed by atoms with Crippen molar-refractivity contribution in [1.29, 1.82) is 0 Å². The molecule has 3 N–H and O–H groups in total. The minimum atomic E-state index is -0.155. The lowest BCUT2D eigenvalue weighted by molar-refractivity contribution is 0.122. The van der Waals surface area contributed by atoms with Crippen LogP contribution >= 0.6 is 11.3 Å². The Labute approximate surface area is 149 Å². The van der Waals surface area contributed by atoms with Crippen LogP contribution in [0.3, 0.4) is 0 Å². The molecule has 0 aromatic carbocycles. The van der Waals surface area contributed by atoms with Crippen molar-refractivity contribution in [1.82, 2.24) is 20.3 Å². The summed E-state index contributed by atoms with van der Waals surface area (Å²) in [5.74, 6) is 1.22. The zero-order valence-corrected chi connectivity index (χ0v) is 14.8. The summed E-state index contributed by atoms with van der Waals surface area (Å²) in [6.45, 7) is 4.66. The summed E-state index contributed by atoms with van der Waals surface area (Å²) in [6, 6.07) is 0.263. The van der Waals surface area contributed by atoms with E-state index < -0.39 is 0 Å². The van der Waals surface area contributed by atoms with Gasteiger partial charge in [0.05, 0.1) is 13.2 Å². The maximum Gasteiger partial charge on any atom is 0.264 e. The maximum absolute atomic E-state index is 12.8. The minimum absolute atomic E-state index is 0.155. The molecule has 0 bridgehead atoms. The van der Waals surface area contributed by atoms with Gasteiger partial charge >= 0.3 is 0 Å². The van der Waals surface area contributed by atoms with Gasteiger partial charge in [0.1, 0.15) is 16.4 Å². The molecule has 1 unspecified atom stereocenters. The van der Waals surface area contributed by atoms with E-state index in [0.29, 0.717) is 35.6 Å². The van der Waals surface area contributed by atoms with Crippen LogP contribution in [-0.4, -0.2) is 60.4 Å². The molecule has 25 heavy (non-hydrogen) atoms. The molecule has 0 saturated carbocycles. The highest BCUT2D eigenvalue weighted by atomic mass is 32.1. The number of thiazole rings is 1. The van der Waals surface area contributed by atoms with Gasteiger partial charge in [-0.25, -0.2) is 4.98 Å². The van der Waals surface area contributed by atoms with E-state index in [1.54, 1.807) is 6.20 Å². The number of nitrogens with one attached hydrogen (secondary N) is 3. The average molecular weight is 362 g/mol. The Balaban J connectivity index is 1.70. The quantitative estimate of drug-likeness (QED) is 0.743. The molecule has 2 aromatic rings. The predicted octanol–water partition coefficient (Wildman–Crippen LogP) is 0.894. The maximum atomic E-state index is 12.8. The van der Waals surface area contributed by atoms with Crippen LogP contribution in [0, 0.1) is 0 Å². The van der Waals surface area contributed by atoms with Gasteiger partial charge in [-0.3, -0.25) is 9.78 Å². The lowest BCUT2D eigenvalue weighted by Gasteiger charge is -2.29. The summed E-state index contributed by atoms with van der Waals surface area (Å²) in [6.07, 6.45) is 3.89. The van der Waals surface area contributed by atoms with Gasteiger partial charge in [0, 0.05) is 37.3 Å². The van der Waals surface area contributed by atoms with E-state index in [2.05, 4.69) is 25.5 Å². The average Bonchev–Trinajstić information content (AvgIpc) is 3.17. The lowest BCUT2D eigenvalue weighted by Crippen LogP contribution is -2.40. The Morgan fingerprint density at radius 2 is 2.24 bits per heavy atom. The predicted molar refractivity (Wildman–Crippen MR) is 98.5 cm³/mol. The lowest BCUT2D eigenvalue weighted by atomic mass is 10.1. The number of morpholine rings is 1. The summed E-state index contributed by atoms with van der Waals surface area (Å²) in [5, 5.41) is 9.42. The van der Waals surface area contributed by atoms with Gasteiger partial charge in [-0.05, 0) is 19.4 Å². The second-order valence-corrected chi connectivity index (χ2v) is 7.13. The van der Waals surface area contributed by atoms with Crippen LogP contribution in [0.2, 0.25) is 0 Å². The monoisotopic (exact) mass is 362 g/mol. The van der Waals surface area contributed by atoms with Gasteiger partial charge in [-0.1, -0.05) is 0 Å². The Kier molecular flexibility index (Phi) is 4.95. The van der Waals surface area contributed by atoms with Gasteiger partial charge in [0.15, 0.2) is 0 Å². The molecule has 0 amide bonds. The van der Waals surface area contributed by atoms with Crippen molar-refractivity contribution < 1.29 is 4.74 Å². The molecule has 4 heterocycles. The number of anilines is 2. The second kappa shape index (κ2) is 7.51. The van der Waals surface area contributed by atoms with Crippen molar-refractivity contribution in [3.8, 4) is 10.6 Å². The van der Waals surface area contributed by atoms with Crippen LogP contribution in [0.1, 0.15) is 12.8 Å². The molecule has 2 saturated heterocycles. The van der Waals surface area contributed by atoms with Gasteiger partial charge in [0.2, 0.25) is 5.95 Å². The van der Waals surface area contributed by atoms with Gasteiger partial charge in [-0.2, -0.15) is 4.98 Å². The summed E-state index contributed by atoms with van der Waals surface area (Å²) in [4.78, 5) is 26.8. The Bertz CT molecular complexity index is 750. The summed E-state index contributed by atoms with van der Waals surface area (Å²) in [7, 11) is 0. The van der Waals surface area contributed by atoms with E-state index in [9.17, 15) is 4.79 Å². The first kappa shape index (κ1) is 16.5. The van der Waals surface area contributed by atoms with Gasteiger partial charge in [0.25, 0.3) is 5.56 Å². The van der Waals surface area contributed by atoms with Crippen LogP contribution in [0.25, 0.3) is 10.6 Å². The summed E-state index contributed by atoms with van der Waals surface area (Å²) < 4.78 is 5.39. The van der Waals surface area contributed by atoms with Crippen LogP contribution < -0.4 is 21.1 Å². The number of rotatable bonds is 4. The first-order valence-corrected chi connectivity index (χ1v) is 9.53. The first-order valence-electron chi connectivity index (χ1n) is 8.65. The van der Waals surface area contributed by atoms with Gasteiger partial charge in [-0.15, -0.1) is 11.3 Å². The number of hydrogen-bond acceptors (Lipinski definition) is 8. The largest absolute Gasteiger partial charge is 0.378 e. The molecular weight excluding hydrogens is 340 g/mol. The number of hydrogen-bond donors (Lipinski definition) is 3. The zero-order chi connectivity index (χ0) is 17.1. The number of nitrogens with zero attached hydrogens (tertiary/aromatic N) is 3. The molecule has 4 rings (SSSR count). The topological polar surface area (TPSA) is 95.2 Å². The van der Waals surface area contributed by atoms with Crippen molar-refractivity contribution in [3.63, 3.8) is 0 Å². The first-order chi connectivity index (χ1) is 12.3. The van der Waals surface area contributed by atoms with Crippen LogP contribution in [0.5, 0.6) is 0 Å². The fourth-order valence-electron chi connectivity index (χ4n) is 3.20. The highest BCUT2D eigenvalue weighted by molar-refractivity contribution is 7.13. The molecule has 0 aliphatic carbocycles. The Morgan fingerprint density at radius 1 is 1.36 bits per heavy atom. The van der Waals surface area contributed by atoms with Crippen LogP contribution in [0.15, 0.2) is 16.4 Å².